The number of sulfonamides is 1. The van der Waals surface area contributed by atoms with Gasteiger partial charge in [0.2, 0.25) is 0 Å². The molecule has 0 saturated carbocycles. The number of hydrogen-bond donors (Lipinski definition) is 3. The van der Waals surface area contributed by atoms with Crippen molar-refractivity contribution in [3.63, 3.8) is 0 Å². The second-order valence-corrected chi connectivity index (χ2v) is 7.08. The Hall–Kier alpha value is -0.920. The Kier molecular flexibility index (Phi) is 7.18. The van der Waals surface area contributed by atoms with Crippen LogP contribution in [-0.4, -0.2) is 30.3 Å². The molecule has 1 rings (SSSR count). The summed E-state index contributed by atoms with van der Waals surface area (Å²) in [5, 5.41) is 15.0. The normalized spacial score (nSPS) is 12.2. The zero-order valence-electron chi connectivity index (χ0n) is 12.2. The van der Waals surface area contributed by atoms with Gasteiger partial charge in [-0.25, -0.2) is 13.1 Å². The van der Waals surface area contributed by atoms with Crippen LogP contribution in [0.1, 0.15) is 51.5 Å². The first kappa shape index (κ1) is 17.1. The molecule has 0 unspecified atom stereocenters. The lowest BCUT2D eigenvalue weighted by molar-refractivity contribution is 0.278. The fourth-order valence-corrected chi connectivity index (χ4v) is 3.15. The molecule has 6 nitrogen and oxygen atoms in total. The number of rotatable bonds is 10. The maximum absolute atomic E-state index is 12.0. The van der Waals surface area contributed by atoms with Crippen LogP contribution in [0.2, 0.25) is 0 Å². The lowest BCUT2D eigenvalue weighted by Gasteiger charge is -2.07. The van der Waals surface area contributed by atoms with Crippen LogP contribution in [0.3, 0.4) is 0 Å². The Bertz CT molecular complexity index is 483. The maximum Gasteiger partial charge on any atom is 0.257 e. The minimum absolute atomic E-state index is 0.0418. The molecule has 1 aromatic rings. The van der Waals surface area contributed by atoms with Crippen LogP contribution in [0.5, 0.6) is 0 Å². The summed E-state index contributed by atoms with van der Waals surface area (Å²) in [5.74, 6) is 0.728. The van der Waals surface area contributed by atoms with Crippen molar-refractivity contribution >= 4 is 10.0 Å². The van der Waals surface area contributed by atoms with E-state index in [9.17, 15) is 8.42 Å². The van der Waals surface area contributed by atoms with Crippen molar-refractivity contribution in [2.45, 2.75) is 57.6 Å². The molecule has 7 heteroatoms. The highest BCUT2D eigenvalue weighted by atomic mass is 32.2. The molecule has 1 heterocycles. The van der Waals surface area contributed by atoms with E-state index in [1.807, 2.05) is 0 Å². The average Bonchev–Trinajstić information content (AvgIpc) is 2.86. The van der Waals surface area contributed by atoms with Crippen molar-refractivity contribution in [1.29, 1.82) is 0 Å². The SMILES string of the molecule is CC(C)CCCCCCNS(=O)(=O)c1[nH]ncc1CO. The van der Waals surface area contributed by atoms with Crippen LogP contribution in [0.15, 0.2) is 11.2 Å². The Morgan fingerprint density at radius 1 is 1.30 bits per heavy atom. The van der Waals surface area contributed by atoms with E-state index in [2.05, 4.69) is 28.8 Å². The molecular weight excluding hydrogens is 278 g/mol. The molecule has 0 spiro atoms. The van der Waals surface area contributed by atoms with E-state index in [4.69, 9.17) is 5.11 Å². The monoisotopic (exact) mass is 303 g/mol. The Morgan fingerprint density at radius 3 is 2.65 bits per heavy atom. The maximum atomic E-state index is 12.0. The third-order valence-electron chi connectivity index (χ3n) is 3.12. The van der Waals surface area contributed by atoms with Gasteiger partial charge < -0.3 is 5.11 Å². The van der Waals surface area contributed by atoms with Gasteiger partial charge >= 0.3 is 0 Å². The molecule has 0 bridgehead atoms. The zero-order chi connectivity index (χ0) is 15.0. The largest absolute Gasteiger partial charge is 0.392 e. The van der Waals surface area contributed by atoms with E-state index < -0.39 is 10.0 Å². The van der Waals surface area contributed by atoms with Crippen molar-refractivity contribution in [3.8, 4) is 0 Å². The van der Waals surface area contributed by atoms with E-state index >= 15 is 0 Å². The third-order valence-corrected chi connectivity index (χ3v) is 4.59. The van der Waals surface area contributed by atoms with Gasteiger partial charge in [0.1, 0.15) is 0 Å². The van der Waals surface area contributed by atoms with Crippen LogP contribution >= 0.6 is 0 Å². The lowest BCUT2D eigenvalue weighted by Crippen LogP contribution is -2.26. The molecule has 0 amide bonds. The number of aliphatic hydroxyl groups excluding tert-OH is 1. The van der Waals surface area contributed by atoms with E-state index in [0.29, 0.717) is 6.54 Å². The second kappa shape index (κ2) is 8.39. The molecule has 0 aliphatic heterocycles. The van der Waals surface area contributed by atoms with Gasteiger partial charge in [-0.15, -0.1) is 0 Å². The molecule has 0 radical (unpaired) electrons. The van der Waals surface area contributed by atoms with Gasteiger partial charge in [0, 0.05) is 12.1 Å². The summed E-state index contributed by atoms with van der Waals surface area (Å²) in [6.45, 7) is 4.48. The number of aromatic nitrogens is 2. The molecule has 1 aromatic heterocycles. The zero-order valence-corrected chi connectivity index (χ0v) is 13.0. The van der Waals surface area contributed by atoms with Crippen LogP contribution in [-0.2, 0) is 16.6 Å². The Labute approximate surface area is 121 Å². The van der Waals surface area contributed by atoms with Gasteiger partial charge in [-0.3, -0.25) is 5.10 Å². The fourth-order valence-electron chi connectivity index (χ4n) is 1.95. The van der Waals surface area contributed by atoms with Crippen molar-refractivity contribution in [2.24, 2.45) is 5.92 Å². The molecule has 3 N–H and O–H groups in total. The predicted octanol–water partition coefficient (Wildman–Crippen LogP) is 1.79. The Morgan fingerprint density at radius 2 is 2.00 bits per heavy atom. The average molecular weight is 303 g/mol. The van der Waals surface area contributed by atoms with Crippen molar-refractivity contribution < 1.29 is 13.5 Å². The summed E-state index contributed by atoms with van der Waals surface area (Å²) in [5.41, 5.74) is 0.287. The molecular formula is C13H25N3O3S. The molecule has 0 fully saturated rings. The highest BCUT2D eigenvalue weighted by molar-refractivity contribution is 7.89. The highest BCUT2D eigenvalue weighted by Gasteiger charge is 2.19. The van der Waals surface area contributed by atoms with Crippen LogP contribution < -0.4 is 4.72 Å². The van der Waals surface area contributed by atoms with Gasteiger partial charge in [-0.2, -0.15) is 5.10 Å². The topological polar surface area (TPSA) is 95.1 Å². The molecule has 0 saturated heterocycles. The van der Waals surface area contributed by atoms with E-state index in [1.54, 1.807) is 0 Å². The van der Waals surface area contributed by atoms with Crippen molar-refractivity contribution in [1.82, 2.24) is 14.9 Å². The summed E-state index contributed by atoms with van der Waals surface area (Å²) in [4.78, 5) is 0. The van der Waals surface area contributed by atoms with E-state index in [-0.39, 0.29) is 17.2 Å². The summed E-state index contributed by atoms with van der Waals surface area (Å²) >= 11 is 0. The number of H-pyrrole nitrogens is 1. The molecule has 0 aliphatic carbocycles. The summed E-state index contributed by atoms with van der Waals surface area (Å²) in [6.07, 6.45) is 6.71. The summed E-state index contributed by atoms with van der Waals surface area (Å²) in [6, 6.07) is 0. The molecule has 0 atom stereocenters. The van der Waals surface area contributed by atoms with Crippen LogP contribution in [0.25, 0.3) is 0 Å². The van der Waals surface area contributed by atoms with E-state index in [0.717, 1.165) is 25.2 Å². The first-order chi connectivity index (χ1) is 9.47. The number of nitrogens with zero attached hydrogens (tertiary/aromatic N) is 1. The van der Waals surface area contributed by atoms with Gasteiger partial charge in [0.15, 0.2) is 5.03 Å². The van der Waals surface area contributed by atoms with Crippen molar-refractivity contribution in [2.75, 3.05) is 6.54 Å². The standard InChI is InChI=1S/C13H25N3O3S/c1-11(2)7-5-3-4-6-8-15-20(18,19)13-12(10-17)9-14-16-13/h9,11,15,17H,3-8,10H2,1-2H3,(H,14,16). The number of hydrogen-bond acceptors (Lipinski definition) is 4. The minimum atomic E-state index is -3.59. The van der Waals surface area contributed by atoms with Gasteiger partial charge in [-0.1, -0.05) is 39.5 Å². The smallest absolute Gasteiger partial charge is 0.257 e. The quantitative estimate of drug-likeness (QED) is 0.574. The van der Waals surface area contributed by atoms with Gasteiger partial charge in [0.25, 0.3) is 10.0 Å². The van der Waals surface area contributed by atoms with Crippen LogP contribution in [0, 0.1) is 5.92 Å². The van der Waals surface area contributed by atoms with Gasteiger partial charge in [0.05, 0.1) is 12.8 Å². The second-order valence-electron chi connectivity index (χ2n) is 5.38. The highest BCUT2D eigenvalue weighted by Crippen LogP contribution is 2.12. The van der Waals surface area contributed by atoms with Crippen molar-refractivity contribution in [3.05, 3.63) is 11.8 Å². The summed E-state index contributed by atoms with van der Waals surface area (Å²) in [7, 11) is -3.59. The lowest BCUT2D eigenvalue weighted by atomic mass is 10.0. The molecule has 0 aliphatic rings. The molecule has 0 aromatic carbocycles. The molecule has 116 valence electrons. The summed E-state index contributed by atoms with van der Waals surface area (Å²) < 4.78 is 26.4. The molecule has 20 heavy (non-hydrogen) atoms. The predicted molar refractivity (Wildman–Crippen MR) is 77.6 cm³/mol. The fraction of sp³-hybridized carbons (Fsp3) is 0.769. The first-order valence-electron chi connectivity index (χ1n) is 7.10. The van der Waals surface area contributed by atoms with E-state index in [1.165, 1.54) is 19.0 Å². The number of aromatic amines is 1. The number of aliphatic hydroxyl groups is 1. The van der Waals surface area contributed by atoms with Gasteiger partial charge in [-0.05, 0) is 12.3 Å². The third kappa shape index (κ3) is 5.60. The Balaban J connectivity index is 2.27. The number of nitrogens with one attached hydrogen (secondary N) is 2. The minimum Gasteiger partial charge on any atom is -0.392 e. The van der Waals surface area contributed by atoms with Crippen LogP contribution in [0.4, 0.5) is 0 Å². The number of unbranched alkanes of at least 4 members (excludes halogenated alkanes) is 3. The first-order valence-corrected chi connectivity index (χ1v) is 8.58.